The average molecular weight is 217 g/mol. The van der Waals surface area contributed by atoms with Crippen LogP contribution in [0.15, 0.2) is 0 Å². The van der Waals surface area contributed by atoms with E-state index in [2.05, 4.69) is 18.7 Å². The molecule has 0 saturated heterocycles. The molecule has 0 aliphatic heterocycles. The fourth-order valence-electron chi connectivity index (χ4n) is 1.50. The maximum atomic E-state index is 10.9. The van der Waals surface area contributed by atoms with E-state index in [1.54, 1.807) is 0 Å². The Bertz CT molecular complexity index is 185. The molecule has 0 saturated carbocycles. The van der Waals surface area contributed by atoms with Crippen LogP contribution in [0.1, 0.15) is 34.1 Å². The second-order valence-corrected chi connectivity index (χ2v) is 3.63. The summed E-state index contributed by atoms with van der Waals surface area (Å²) < 4.78 is 5.19. The van der Waals surface area contributed by atoms with Crippen LogP contribution < -0.4 is 0 Å². The molecule has 0 bridgehead atoms. The molecule has 0 fully saturated rings. The first kappa shape index (κ1) is 14.4. The van der Waals surface area contributed by atoms with Gasteiger partial charge in [0.1, 0.15) is 0 Å². The quantitative estimate of drug-likeness (QED) is 0.671. The van der Waals surface area contributed by atoms with Crippen molar-refractivity contribution in [2.75, 3.05) is 19.7 Å². The molecule has 0 radical (unpaired) electrons. The molecule has 90 valence electrons. The fraction of sp³-hybridized carbons (Fsp3) is 0.909. The molecule has 15 heavy (non-hydrogen) atoms. The topological polar surface area (TPSA) is 49.8 Å². The van der Waals surface area contributed by atoms with Gasteiger partial charge >= 0.3 is 5.97 Å². The Balaban J connectivity index is 4.27. The van der Waals surface area contributed by atoms with Crippen LogP contribution in [0.25, 0.3) is 0 Å². The third-order valence-corrected chi connectivity index (χ3v) is 2.66. The lowest BCUT2D eigenvalue weighted by Crippen LogP contribution is -2.42. The third-order valence-electron chi connectivity index (χ3n) is 2.66. The predicted octanol–water partition coefficient (Wildman–Crippen LogP) is 1.60. The Morgan fingerprint density at radius 3 is 2.33 bits per heavy atom. The molecule has 0 spiro atoms. The van der Waals surface area contributed by atoms with E-state index in [1.807, 2.05) is 13.8 Å². The summed E-state index contributed by atoms with van der Waals surface area (Å²) in [5.41, 5.74) is 0. The van der Waals surface area contributed by atoms with Crippen molar-refractivity contribution in [3.05, 3.63) is 0 Å². The van der Waals surface area contributed by atoms with E-state index in [4.69, 9.17) is 9.84 Å². The van der Waals surface area contributed by atoms with Crippen LogP contribution in [-0.4, -0.2) is 47.8 Å². The van der Waals surface area contributed by atoms with Crippen molar-refractivity contribution in [3.8, 4) is 0 Å². The number of aliphatic carboxylic acids is 1. The van der Waals surface area contributed by atoms with Crippen molar-refractivity contribution in [1.29, 1.82) is 0 Å². The third kappa shape index (κ3) is 5.14. The highest BCUT2D eigenvalue weighted by Gasteiger charge is 2.22. The molecule has 1 N–H and O–H groups in total. The van der Waals surface area contributed by atoms with Crippen LogP contribution in [0.2, 0.25) is 0 Å². The molecule has 0 aliphatic rings. The van der Waals surface area contributed by atoms with Crippen molar-refractivity contribution in [2.45, 2.75) is 46.3 Å². The summed E-state index contributed by atoms with van der Waals surface area (Å²) in [6.45, 7) is 9.82. The summed E-state index contributed by atoms with van der Waals surface area (Å²) in [7, 11) is 0. The van der Waals surface area contributed by atoms with E-state index < -0.39 is 12.1 Å². The van der Waals surface area contributed by atoms with E-state index >= 15 is 0 Å². The van der Waals surface area contributed by atoms with Crippen molar-refractivity contribution in [1.82, 2.24) is 4.90 Å². The molecule has 4 heteroatoms. The Morgan fingerprint density at radius 1 is 1.40 bits per heavy atom. The van der Waals surface area contributed by atoms with Gasteiger partial charge in [0.15, 0.2) is 6.10 Å². The smallest absolute Gasteiger partial charge is 0.334 e. The van der Waals surface area contributed by atoms with Gasteiger partial charge in [-0.05, 0) is 26.8 Å². The highest BCUT2D eigenvalue weighted by atomic mass is 16.5. The van der Waals surface area contributed by atoms with Gasteiger partial charge in [-0.2, -0.15) is 0 Å². The molecule has 0 aromatic rings. The maximum Gasteiger partial charge on any atom is 0.334 e. The monoisotopic (exact) mass is 217 g/mol. The molecule has 0 aromatic heterocycles. The lowest BCUT2D eigenvalue weighted by atomic mass is 10.2. The van der Waals surface area contributed by atoms with Gasteiger partial charge in [0.25, 0.3) is 0 Å². The number of rotatable bonds is 8. The Morgan fingerprint density at radius 2 is 2.00 bits per heavy atom. The lowest BCUT2D eigenvalue weighted by molar-refractivity contribution is -0.151. The second-order valence-electron chi connectivity index (χ2n) is 3.63. The molecule has 0 amide bonds. The van der Waals surface area contributed by atoms with Crippen LogP contribution in [0.4, 0.5) is 0 Å². The molecule has 0 heterocycles. The van der Waals surface area contributed by atoms with Gasteiger partial charge in [0.2, 0.25) is 0 Å². The average Bonchev–Trinajstić information content (AvgIpc) is 2.22. The van der Waals surface area contributed by atoms with Gasteiger partial charge in [0.05, 0.1) is 0 Å². The van der Waals surface area contributed by atoms with Gasteiger partial charge in [-0.3, -0.25) is 4.90 Å². The minimum Gasteiger partial charge on any atom is -0.479 e. The largest absolute Gasteiger partial charge is 0.479 e. The summed E-state index contributed by atoms with van der Waals surface area (Å²) in [6.07, 6.45) is 0.315. The first-order valence-electron chi connectivity index (χ1n) is 5.65. The summed E-state index contributed by atoms with van der Waals surface area (Å²) in [4.78, 5) is 13.0. The summed E-state index contributed by atoms with van der Waals surface area (Å²) in [6, 6.07) is 0.400. The number of carbonyl (C=O) groups is 1. The van der Waals surface area contributed by atoms with Crippen molar-refractivity contribution < 1.29 is 14.6 Å². The Labute approximate surface area is 92.2 Å². The van der Waals surface area contributed by atoms with Crippen LogP contribution in [0.3, 0.4) is 0 Å². The molecule has 2 atom stereocenters. The van der Waals surface area contributed by atoms with Gasteiger partial charge in [-0.1, -0.05) is 13.8 Å². The van der Waals surface area contributed by atoms with Crippen molar-refractivity contribution in [2.24, 2.45) is 0 Å². The number of nitrogens with zero attached hydrogens (tertiary/aromatic N) is 1. The van der Waals surface area contributed by atoms with E-state index in [-0.39, 0.29) is 0 Å². The standard InChI is InChI=1S/C11H23NO3/c1-5-9(4)12(6-2)8-10(11(13)14)15-7-3/h9-10H,5-8H2,1-4H3,(H,13,14). The Kier molecular flexibility index (Phi) is 7.34. The van der Waals surface area contributed by atoms with E-state index in [9.17, 15) is 4.79 Å². The number of hydrogen-bond acceptors (Lipinski definition) is 3. The molecular formula is C11H23NO3. The summed E-state index contributed by atoms with van der Waals surface area (Å²) >= 11 is 0. The van der Waals surface area contributed by atoms with Gasteiger partial charge in [-0.25, -0.2) is 4.79 Å². The first-order valence-corrected chi connectivity index (χ1v) is 5.65. The van der Waals surface area contributed by atoms with E-state index in [1.165, 1.54) is 0 Å². The zero-order valence-electron chi connectivity index (χ0n) is 10.2. The van der Waals surface area contributed by atoms with Crippen LogP contribution >= 0.6 is 0 Å². The minimum absolute atomic E-state index is 0.400. The normalized spacial score (nSPS) is 15.3. The first-order chi connectivity index (χ1) is 7.06. The predicted molar refractivity (Wildman–Crippen MR) is 60.0 cm³/mol. The number of carboxylic acid groups (broad SMARTS) is 1. The van der Waals surface area contributed by atoms with Gasteiger partial charge < -0.3 is 9.84 Å². The molecule has 4 nitrogen and oxygen atoms in total. The fourth-order valence-corrected chi connectivity index (χ4v) is 1.50. The molecule has 0 aromatic carbocycles. The van der Waals surface area contributed by atoms with E-state index in [0.29, 0.717) is 19.2 Å². The van der Waals surface area contributed by atoms with Gasteiger partial charge in [-0.15, -0.1) is 0 Å². The highest BCUT2D eigenvalue weighted by Crippen LogP contribution is 2.06. The maximum absolute atomic E-state index is 10.9. The number of hydrogen-bond donors (Lipinski definition) is 1. The van der Waals surface area contributed by atoms with Crippen molar-refractivity contribution >= 4 is 5.97 Å². The van der Waals surface area contributed by atoms with Crippen molar-refractivity contribution in [3.63, 3.8) is 0 Å². The van der Waals surface area contributed by atoms with Crippen LogP contribution in [0.5, 0.6) is 0 Å². The summed E-state index contributed by atoms with van der Waals surface area (Å²) in [5.74, 6) is -0.876. The zero-order chi connectivity index (χ0) is 11.8. The van der Waals surface area contributed by atoms with E-state index in [0.717, 1.165) is 13.0 Å². The highest BCUT2D eigenvalue weighted by molar-refractivity contribution is 5.72. The van der Waals surface area contributed by atoms with Crippen LogP contribution in [-0.2, 0) is 9.53 Å². The van der Waals surface area contributed by atoms with Crippen LogP contribution in [0, 0.1) is 0 Å². The number of carboxylic acids is 1. The Hall–Kier alpha value is -0.610. The number of ether oxygens (including phenoxy) is 1. The lowest BCUT2D eigenvalue weighted by Gasteiger charge is -2.29. The zero-order valence-corrected chi connectivity index (χ0v) is 10.2. The molecular weight excluding hydrogens is 194 g/mol. The molecule has 2 unspecified atom stereocenters. The van der Waals surface area contributed by atoms with Gasteiger partial charge in [0, 0.05) is 19.2 Å². The minimum atomic E-state index is -0.876. The summed E-state index contributed by atoms with van der Waals surface area (Å²) in [5, 5.41) is 8.95. The SMILES string of the molecule is CCOC(CN(CC)C(C)CC)C(=O)O. The second kappa shape index (κ2) is 7.65. The molecule has 0 aliphatic carbocycles. The number of likely N-dealkylation sites (N-methyl/N-ethyl adjacent to an activating group) is 1. The molecule has 0 rings (SSSR count).